The van der Waals surface area contributed by atoms with Gasteiger partial charge in [0.15, 0.2) is 5.60 Å². The van der Waals surface area contributed by atoms with Crippen LogP contribution in [0.1, 0.15) is 27.7 Å². The van der Waals surface area contributed by atoms with Crippen LogP contribution in [0.3, 0.4) is 0 Å². The summed E-state index contributed by atoms with van der Waals surface area (Å²) in [6, 6.07) is 12.2. The van der Waals surface area contributed by atoms with E-state index in [9.17, 15) is 4.79 Å². The molecule has 0 heterocycles. The lowest BCUT2D eigenvalue weighted by atomic mass is 10.1. The molecule has 2 aromatic rings. The zero-order chi connectivity index (χ0) is 19.2. The van der Waals surface area contributed by atoms with E-state index < -0.39 is 5.60 Å². The van der Waals surface area contributed by atoms with E-state index in [-0.39, 0.29) is 5.91 Å². The maximum Gasteiger partial charge on any atom is 0.268 e. The molecule has 5 nitrogen and oxygen atoms in total. The van der Waals surface area contributed by atoms with Gasteiger partial charge in [0.05, 0.1) is 18.9 Å². The van der Waals surface area contributed by atoms with E-state index in [2.05, 4.69) is 5.32 Å². The van der Waals surface area contributed by atoms with Gasteiger partial charge in [-0.2, -0.15) is 0 Å². The molecule has 0 unspecified atom stereocenters. The van der Waals surface area contributed by atoms with E-state index in [1.54, 1.807) is 56.3 Å². The second-order valence-corrected chi connectivity index (χ2v) is 6.48. The Labute approximate surface area is 159 Å². The van der Waals surface area contributed by atoms with Crippen molar-refractivity contribution in [1.29, 1.82) is 0 Å². The highest BCUT2D eigenvalue weighted by Gasteiger charge is 2.31. The third kappa shape index (κ3) is 5.30. The van der Waals surface area contributed by atoms with Gasteiger partial charge in [0, 0.05) is 11.1 Å². The molecule has 0 saturated heterocycles. The Kier molecular flexibility index (Phi) is 6.75. The molecule has 6 heteroatoms. The third-order valence-electron chi connectivity index (χ3n) is 3.54. The Bertz CT molecular complexity index is 744. The Morgan fingerprint density at radius 3 is 2.23 bits per heavy atom. The number of rotatable bonds is 8. The van der Waals surface area contributed by atoms with Gasteiger partial charge in [-0.1, -0.05) is 11.6 Å². The fraction of sp³-hybridized carbons (Fsp3) is 0.350. The van der Waals surface area contributed by atoms with Crippen LogP contribution in [0.5, 0.6) is 17.2 Å². The first kappa shape index (κ1) is 19.9. The van der Waals surface area contributed by atoms with E-state index in [0.29, 0.717) is 41.2 Å². The number of anilines is 1. The highest BCUT2D eigenvalue weighted by Crippen LogP contribution is 2.31. The van der Waals surface area contributed by atoms with Crippen LogP contribution < -0.4 is 19.5 Å². The summed E-state index contributed by atoms with van der Waals surface area (Å²) in [5.74, 6) is 1.49. The number of halogens is 1. The molecule has 0 spiro atoms. The number of benzene rings is 2. The van der Waals surface area contributed by atoms with Crippen molar-refractivity contribution >= 4 is 23.2 Å². The van der Waals surface area contributed by atoms with Crippen molar-refractivity contribution in [2.45, 2.75) is 33.3 Å². The van der Waals surface area contributed by atoms with Crippen molar-refractivity contribution < 1.29 is 19.0 Å². The van der Waals surface area contributed by atoms with Crippen LogP contribution in [0.15, 0.2) is 42.5 Å². The van der Waals surface area contributed by atoms with E-state index in [1.807, 2.05) is 13.8 Å². The topological polar surface area (TPSA) is 56.8 Å². The number of ether oxygens (including phenoxy) is 3. The molecular formula is C20H24ClNO4. The van der Waals surface area contributed by atoms with Crippen molar-refractivity contribution in [3.05, 3.63) is 47.5 Å². The molecule has 0 saturated carbocycles. The lowest BCUT2D eigenvalue weighted by Crippen LogP contribution is -2.42. The van der Waals surface area contributed by atoms with E-state index >= 15 is 0 Å². The summed E-state index contributed by atoms with van der Waals surface area (Å²) in [6.07, 6.45) is 0. The fourth-order valence-corrected chi connectivity index (χ4v) is 2.39. The van der Waals surface area contributed by atoms with Gasteiger partial charge in [0.25, 0.3) is 5.91 Å². The van der Waals surface area contributed by atoms with E-state index in [0.717, 1.165) is 0 Å². The summed E-state index contributed by atoms with van der Waals surface area (Å²) < 4.78 is 16.9. The smallest absolute Gasteiger partial charge is 0.268 e. The summed E-state index contributed by atoms with van der Waals surface area (Å²) >= 11 is 5.88. The van der Waals surface area contributed by atoms with Crippen LogP contribution in [-0.4, -0.2) is 24.7 Å². The number of nitrogens with one attached hydrogen (secondary N) is 1. The first-order chi connectivity index (χ1) is 12.4. The molecule has 0 fully saturated rings. The van der Waals surface area contributed by atoms with Gasteiger partial charge in [0.2, 0.25) is 0 Å². The summed E-state index contributed by atoms with van der Waals surface area (Å²) in [6.45, 7) is 8.20. The Hall–Kier alpha value is -2.40. The summed E-state index contributed by atoms with van der Waals surface area (Å²) in [5, 5.41) is 3.48. The van der Waals surface area contributed by atoms with Crippen LogP contribution in [0.4, 0.5) is 5.69 Å². The third-order valence-corrected chi connectivity index (χ3v) is 3.80. The van der Waals surface area contributed by atoms with Gasteiger partial charge >= 0.3 is 0 Å². The highest BCUT2D eigenvalue weighted by atomic mass is 35.5. The molecule has 2 aromatic carbocycles. The molecule has 0 bridgehead atoms. The number of amides is 1. The lowest BCUT2D eigenvalue weighted by Gasteiger charge is -2.26. The molecule has 2 rings (SSSR count). The van der Waals surface area contributed by atoms with Crippen LogP contribution in [-0.2, 0) is 4.79 Å². The zero-order valence-corrected chi connectivity index (χ0v) is 16.2. The average molecular weight is 378 g/mol. The molecule has 1 amide bonds. The second-order valence-electron chi connectivity index (χ2n) is 6.04. The normalized spacial score (nSPS) is 11.0. The number of hydrogen-bond acceptors (Lipinski definition) is 4. The molecule has 26 heavy (non-hydrogen) atoms. The van der Waals surface area contributed by atoms with Crippen molar-refractivity contribution in [2.75, 3.05) is 18.5 Å². The van der Waals surface area contributed by atoms with Crippen LogP contribution >= 0.6 is 11.6 Å². The zero-order valence-electron chi connectivity index (χ0n) is 15.5. The molecule has 0 aliphatic heterocycles. The van der Waals surface area contributed by atoms with Gasteiger partial charge in [-0.25, -0.2) is 0 Å². The maximum absolute atomic E-state index is 12.8. The first-order valence-corrected chi connectivity index (χ1v) is 8.89. The second kappa shape index (κ2) is 8.81. The van der Waals surface area contributed by atoms with Gasteiger partial charge < -0.3 is 19.5 Å². The van der Waals surface area contributed by atoms with Crippen LogP contribution in [0.2, 0.25) is 5.02 Å². The summed E-state index contributed by atoms with van der Waals surface area (Å²) in [5.41, 5.74) is -0.561. The van der Waals surface area contributed by atoms with Gasteiger partial charge in [0.1, 0.15) is 17.2 Å². The fourth-order valence-electron chi connectivity index (χ4n) is 2.26. The molecule has 0 aromatic heterocycles. The average Bonchev–Trinajstić information content (AvgIpc) is 2.59. The molecule has 0 aliphatic rings. The highest BCUT2D eigenvalue weighted by molar-refractivity contribution is 6.30. The molecule has 0 radical (unpaired) electrons. The van der Waals surface area contributed by atoms with E-state index in [1.165, 1.54) is 0 Å². The van der Waals surface area contributed by atoms with Crippen molar-refractivity contribution in [3.63, 3.8) is 0 Å². The first-order valence-electron chi connectivity index (χ1n) is 8.51. The van der Waals surface area contributed by atoms with Crippen molar-refractivity contribution in [2.24, 2.45) is 0 Å². The van der Waals surface area contributed by atoms with Crippen molar-refractivity contribution in [1.82, 2.24) is 0 Å². The molecular weight excluding hydrogens is 354 g/mol. The Balaban J connectivity index is 2.18. The van der Waals surface area contributed by atoms with Crippen LogP contribution in [0, 0.1) is 0 Å². The number of carbonyl (C=O) groups is 1. The summed E-state index contributed by atoms with van der Waals surface area (Å²) in [4.78, 5) is 12.8. The molecule has 140 valence electrons. The predicted molar refractivity (Wildman–Crippen MR) is 104 cm³/mol. The number of carbonyl (C=O) groups excluding carboxylic acids is 1. The monoisotopic (exact) mass is 377 g/mol. The van der Waals surface area contributed by atoms with E-state index in [4.69, 9.17) is 25.8 Å². The SMILES string of the molecule is CCOc1ccc(OCC)c(NC(=O)C(C)(C)Oc2ccc(Cl)cc2)c1. The molecule has 1 N–H and O–H groups in total. The number of hydrogen-bond donors (Lipinski definition) is 1. The Morgan fingerprint density at radius 1 is 1.00 bits per heavy atom. The largest absolute Gasteiger partial charge is 0.494 e. The van der Waals surface area contributed by atoms with Crippen molar-refractivity contribution in [3.8, 4) is 17.2 Å². The quantitative estimate of drug-likeness (QED) is 0.708. The van der Waals surface area contributed by atoms with Gasteiger partial charge in [-0.15, -0.1) is 0 Å². The standard InChI is InChI=1S/C20H24ClNO4/c1-5-24-16-11-12-18(25-6-2)17(13-16)22-19(23)20(3,4)26-15-9-7-14(21)8-10-15/h7-13H,5-6H2,1-4H3,(H,22,23). The maximum atomic E-state index is 12.8. The minimum atomic E-state index is -1.10. The predicted octanol–water partition coefficient (Wildman–Crippen LogP) is 4.93. The minimum absolute atomic E-state index is 0.304. The molecule has 0 atom stereocenters. The van der Waals surface area contributed by atoms with Gasteiger partial charge in [-0.05, 0) is 64.1 Å². The summed E-state index contributed by atoms with van der Waals surface area (Å²) in [7, 11) is 0. The van der Waals surface area contributed by atoms with Crippen LogP contribution in [0.25, 0.3) is 0 Å². The lowest BCUT2D eigenvalue weighted by molar-refractivity contribution is -0.128. The Morgan fingerprint density at radius 2 is 1.62 bits per heavy atom. The molecule has 0 aliphatic carbocycles. The minimum Gasteiger partial charge on any atom is -0.494 e. The van der Waals surface area contributed by atoms with Gasteiger partial charge in [-0.3, -0.25) is 4.79 Å².